The van der Waals surface area contributed by atoms with Gasteiger partial charge in [0.15, 0.2) is 0 Å². The number of unbranched alkanes of at least 4 members (excludes halogenated alkanes) is 1. The first-order valence-corrected chi connectivity index (χ1v) is 12.9. The third-order valence-electron chi connectivity index (χ3n) is 7.61. The number of aryl methyl sites for hydroxylation is 2. The van der Waals surface area contributed by atoms with E-state index in [0.29, 0.717) is 31.8 Å². The normalized spacial score (nSPS) is 22.1. The van der Waals surface area contributed by atoms with Gasteiger partial charge in [0, 0.05) is 48.1 Å². The van der Waals surface area contributed by atoms with Gasteiger partial charge < -0.3 is 10.4 Å². The molecule has 3 atom stereocenters. The number of carboxylic acid groups (broad SMARTS) is 1. The summed E-state index contributed by atoms with van der Waals surface area (Å²) < 4.78 is 15.1. The smallest absolute Gasteiger partial charge is 0.325 e. The number of aromatic nitrogens is 2. The molecule has 2 aromatic heterocycles. The van der Waals surface area contributed by atoms with Gasteiger partial charge in [-0.15, -0.1) is 0 Å². The van der Waals surface area contributed by atoms with Crippen LogP contribution < -0.4 is 5.32 Å². The van der Waals surface area contributed by atoms with E-state index in [-0.39, 0.29) is 5.92 Å². The maximum Gasteiger partial charge on any atom is 0.325 e. The van der Waals surface area contributed by atoms with E-state index in [9.17, 15) is 9.90 Å². The molecule has 4 heterocycles. The molecule has 2 aliphatic heterocycles. The van der Waals surface area contributed by atoms with Crippen LogP contribution in [0.3, 0.4) is 0 Å². The second-order valence-electron chi connectivity index (χ2n) is 10.1. The topological polar surface area (TPSA) is 78.3 Å². The summed E-state index contributed by atoms with van der Waals surface area (Å²) in [6, 6.07) is 7.25. The molecule has 0 amide bonds. The summed E-state index contributed by atoms with van der Waals surface area (Å²) in [4.78, 5) is 23.4. The first-order chi connectivity index (χ1) is 16.6. The van der Waals surface area contributed by atoms with Gasteiger partial charge in [-0.25, -0.2) is 9.37 Å². The van der Waals surface area contributed by atoms with Crippen molar-refractivity contribution in [3.63, 3.8) is 0 Å². The Balaban J connectivity index is 1.12. The van der Waals surface area contributed by atoms with E-state index in [2.05, 4.69) is 22.4 Å². The van der Waals surface area contributed by atoms with Gasteiger partial charge in [0.2, 0.25) is 0 Å². The number of alkyl halides is 1. The number of rotatable bonds is 10. The number of hydrogen-bond acceptors (Lipinski definition) is 5. The molecule has 5 rings (SSSR count). The predicted molar refractivity (Wildman–Crippen MR) is 130 cm³/mol. The number of nitrogens with one attached hydrogen (secondary N) is 1. The lowest BCUT2D eigenvalue weighted by Gasteiger charge is -2.26. The van der Waals surface area contributed by atoms with E-state index in [4.69, 9.17) is 4.98 Å². The molecule has 0 unspecified atom stereocenters. The van der Waals surface area contributed by atoms with Gasteiger partial charge in [-0.3, -0.25) is 14.7 Å². The number of carboxylic acids is 1. The molecule has 34 heavy (non-hydrogen) atoms. The molecule has 0 radical (unpaired) electrons. The van der Waals surface area contributed by atoms with Crippen molar-refractivity contribution >= 4 is 11.8 Å². The molecule has 0 bridgehead atoms. The summed E-state index contributed by atoms with van der Waals surface area (Å²) >= 11 is 0. The largest absolute Gasteiger partial charge is 0.480 e. The van der Waals surface area contributed by atoms with E-state index in [1.54, 1.807) is 6.20 Å². The number of carbonyl (C=O) groups is 1. The van der Waals surface area contributed by atoms with Crippen molar-refractivity contribution in [1.29, 1.82) is 0 Å². The highest BCUT2D eigenvalue weighted by molar-refractivity contribution is 5.76. The van der Waals surface area contributed by atoms with E-state index in [0.717, 1.165) is 74.3 Å². The molecule has 1 aliphatic carbocycles. The highest BCUT2D eigenvalue weighted by Gasteiger charge is 2.39. The summed E-state index contributed by atoms with van der Waals surface area (Å²) in [6.07, 6.45) is 9.08. The maximum absolute atomic E-state index is 15.1. The van der Waals surface area contributed by atoms with E-state index in [1.165, 1.54) is 5.56 Å². The monoisotopic (exact) mass is 466 g/mol. The van der Waals surface area contributed by atoms with E-state index >= 15 is 4.39 Å². The number of nitrogens with zero attached hydrogens (tertiary/aromatic N) is 3. The van der Waals surface area contributed by atoms with Crippen molar-refractivity contribution in [2.75, 3.05) is 25.0 Å². The lowest BCUT2D eigenvalue weighted by atomic mass is 9.97. The van der Waals surface area contributed by atoms with Gasteiger partial charge >= 0.3 is 5.97 Å². The van der Waals surface area contributed by atoms with Gasteiger partial charge in [-0.2, -0.15) is 0 Å². The zero-order valence-corrected chi connectivity index (χ0v) is 19.8. The number of halogens is 1. The minimum Gasteiger partial charge on any atom is -0.480 e. The molecule has 6 nitrogen and oxygen atoms in total. The minimum atomic E-state index is -0.894. The number of pyridine rings is 2. The van der Waals surface area contributed by atoms with Crippen LogP contribution in [0.2, 0.25) is 0 Å². The molecule has 2 aromatic rings. The summed E-state index contributed by atoms with van der Waals surface area (Å²) in [7, 11) is 0. The summed E-state index contributed by atoms with van der Waals surface area (Å²) in [5.74, 6) is 0.433. The van der Waals surface area contributed by atoms with Gasteiger partial charge in [-0.1, -0.05) is 18.6 Å². The fourth-order valence-corrected chi connectivity index (χ4v) is 5.58. The number of anilines is 1. The van der Waals surface area contributed by atoms with Crippen molar-refractivity contribution in [3.05, 3.63) is 53.0 Å². The van der Waals surface area contributed by atoms with Crippen molar-refractivity contribution in [2.45, 2.75) is 75.9 Å². The Labute approximate surface area is 201 Å². The standard InChI is InChI=1S/C27H35FN4O2/c28-23(8-2-1-6-21-12-11-19-5-3-15-30-26(19)31-21)20-13-16-32(17-20)25(27(33)34)22-7-4-14-29-24(22)18-9-10-18/h4,7,11-12,14,18,20,23,25H,1-3,5-6,8-10,13,15-17H2,(H,30,31)(H,33,34)/t20-,23-,25-/m1/s1. The molecule has 182 valence electrons. The summed E-state index contributed by atoms with van der Waals surface area (Å²) in [5, 5.41) is 13.4. The van der Waals surface area contributed by atoms with Crippen LogP contribution in [0, 0.1) is 5.92 Å². The molecular formula is C27H35FN4O2. The van der Waals surface area contributed by atoms with Crippen molar-refractivity contribution in [3.8, 4) is 0 Å². The summed E-state index contributed by atoms with van der Waals surface area (Å²) in [6.45, 7) is 2.10. The van der Waals surface area contributed by atoms with Gasteiger partial charge in [0.25, 0.3) is 0 Å². The Morgan fingerprint density at radius 3 is 2.94 bits per heavy atom. The zero-order chi connectivity index (χ0) is 23.5. The molecule has 1 saturated carbocycles. The van der Waals surface area contributed by atoms with E-state index < -0.39 is 18.2 Å². The lowest BCUT2D eigenvalue weighted by Crippen LogP contribution is -2.34. The van der Waals surface area contributed by atoms with Crippen LogP contribution in [0.1, 0.15) is 79.4 Å². The Kier molecular flexibility index (Phi) is 7.09. The number of likely N-dealkylation sites (tertiary alicyclic amines) is 1. The molecule has 0 spiro atoms. The van der Waals surface area contributed by atoms with Crippen LogP contribution in [-0.4, -0.2) is 51.7 Å². The SMILES string of the molecule is O=C(O)[C@@H](c1cccnc1C1CC1)N1CC[C@@H]([C@H](F)CCCCc2ccc3c(n2)NCCC3)C1. The predicted octanol–water partition coefficient (Wildman–Crippen LogP) is 4.91. The Bertz CT molecular complexity index is 1010. The molecule has 2 fully saturated rings. The van der Waals surface area contributed by atoms with Crippen LogP contribution >= 0.6 is 0 Å². The molecule has 7 heteroatoms. The van der Waals surface area contributed by atoms with Crippen LogP contribution in [0.4, 0.5) is 10.2 Å². The molecule has 2 N–H and O–H groups in total. The van der Waals surface area contributed by atoms with Crippen LogP contribution in [-0.2, 0) is 17.6 Å². The quantitative estimate of drug-likeness (QED) is 0.485. The highest BCUT2D eigenvalue weighted by Crippen LogP contribution is 2.43. The van der Waals surface area contributed by atoms with Crippen LogP contribution in [0.15, 0.2) is 30.5 Å². The first kappa shape index (κ1) is 23.2. The third kappa shape index (κ3) is 5.24. The first-order valence-electron chi connectivity index (χ1n) is 12.9. The van der Waals surface area contributed by atoms with Crippen molar-refractivity contribution in [1.82, 2.24) is 14.9 Å². The fraction of sp³-hybridized carbons (Fsp3) is 0.593. The van der Waals surface area contributed by atoms with Crippen molar-refractivity contribution < 1.29 is 14.3 Å². The summed E-state index contributed by atoms with van der Waals surface area (Å²) in [5.41, 5.74) is 4.07. The molecule has 0 aromatic carbocycles. The fourth-order valence-electron chi connectivity index (χ4n) is 5.58. The van der Waals surface area contributed by atoms with Gasteiger partial charge in [0.1, 0.15) is 18.0 Å². The Morgan fingerprint density at radius 2 is 2.12 bits per heavy atom. The second kappa shape index (κ2) is 10.4. The maximum atomic E-state index is 15.1. The van der Waals surface area contributed by atoms with Crippen molar-refractivity contribution in [2.24, 2.45) is 5.92 Å². The Morgan fingerprint density at radius 1 is 1.24 bits per heavy atom. The van der Waals surface area contributed by atoms with E-state index in [1.807, 2.05) is 17.0 Å². The van der Waals surface area contributed by atoms with Crippen LogP contribution in [0.25, 0.3) is 0 Å². The number of hydrogen-bond donors (Lipinski definition) is 2. The lowest BCUT2D eigenvalue weighted by molar-refractivity contribution is -0.143. The second-order valence-corrected chi connectivity index (χ2v) is 10.1. The highest BCUT2D eigenvalue weighted by atomic mass is 19.1. The molecule has 1 saturated heterocycles. The van der Waals surface area contributed by atoms with Crippen LogP contribution in [0.5, 0.6) is 0 Å². The van der Waals surface area contributed by atoms with Gasteiger partial charge in [-0.05, 0) is 75.6 Å². The molecule has 3 aliphatic rings. The third-order valence-corrected chi connectivity index (χ3v) is 7.61. The number of aliphatic carboxylic acids is 1. The average molecular weight is 467 g/mol. The Hall–Kier alpha value is -2.54. The average Bonchev–Trinajstić information content (AvgIpc) is 3.59. The zero-order valence-electron chi connectivity index (χ0n) is 19.8. The minimum absolute atomic E-state index is 0.103. The molecular weight excluding hydrogens is 431 g/mol. The van der Waals surface area contributed by atoms with Gasteiger partial charge in [0.05, 0.1) is 0 Å². The number of fused-ring (bicyclic) bond motifs is 1.